The van der Waals surface area contributed by atoms with Crippen molar-refractivity contribution >= 4 is 17.3 Å². The molecule has 0 radical (unpaired) electrons. The van der Waals surface area contributed by atoms with E-state index in [1.54, 1.807) is 0 Å². The molecule has 0 saturated carbocycles. The van der Waals surface area contributed by atoms with E-state index in [0.717, 1.165) is 32.3 Å². The molecule has 116 valence electrons. The van der Waals surface area contributed by atoms with Crippen LogP contribution in [-0.2, 0) is 4.79 Å². The zero-order chi connectivity index (χ0) is 15.6. The minimum atomic E-state index is 0.498. The molecule has 23 heavy (non-hydrogen) atoms. The van der Waals surface area contributed by atoms with Gasteiger partial charge in [0.25, 0.3) is 0 Å². The van der Waals surface area contributed by atoms with Crippen molar-refractivity contribution in [1.29, 1.82) is 0 Å². The Morgan fingerprint density at radius 2 is 1.65 bits per heavy atom. The zero-order valence-electron chi connectivity index (χ0n) is 13.0. The molecule has 1 fully saturated rings. The average Bonchev–Trinajstić information content (AvgIpc) is 3.02. The molecule has 1 N–H and O–H groups in total. The highest BCUT2D eigenvalue weighted by molar-refractivity contribution is 5.91. The minimum absolute atomic E-state index is 0.498. The molecule has 2 aromatic carbocycles. The maximum atomic E-state index is 11.0. The fourth-order valence-electron chi connectivity index (χ4n) is 3.71. The van der Waals surface area contributed by atoms with Gasteiger partial charge in [0.15, 0.2) is 0 Å². The Balaban J connectivity index is 1.82. The third-order valence-electron chi connectivity index (χ3n) is 4.90. The maximum Gasteiger partial charge on any atom is 0.209 e. The van der Waals surface area contributed by atoms with Crippen LogP contribution >= 0.6 is 0 Å². The summed E-state index contributed by atoms with van der Waals surface area (Å²) in [4.78, 5) is 16.5. The van der Waals surface area contributed by atoms with E-state index in [1.165, 1.54) is 27.7 Å². The van der Waals surface area contributed by atoms with Crippen molar-refractivity contribution in [3.8, 4) is 11.3 Å². The number of hydrogen-bond donors (Lipinski definition) is 1. The molecule has 3 nitrogen and oxygen atoms in total. The molecule has 0 spiro atoms. The van der Waals surface area contributed by atoms with Crippen molar-refractivity contribution in [2.75, 3.05) is 13.1 Å². The molecule has 0 unspecified atom stereocenters. The van der Waals surface area contributed by atoms with E-state index in [1.807, 2.05) is 11.0 Å². The van der Waals surface area contributed by atoms with Crippen LogP contribution in [0.5, 0.6) is 0 Å². The number of carbonyl (C=O) groups excluding carboxylic acids is 1. The molecule has 0 atom stereocenters. The first-order valence-corrected chi connectivity index (χ1v) is 8.22. The van der Waals surface area contributed by atoms with Gasteiger partial charge in [-0.1, -0.05) is 48.5 Å². The number of H-pyrrole nitrogens is 1. The van der Waals surface area contributed by atoms with Crippen LogP contribution in [0.3, 0.4) is 0 Å². The molecule has 1 aliphatic heterocycles. The van der Waals surface area contributed by atoms with Crippen molar-refractivity contribution in [1.82, 2.24) is 9.88 Å². The minimum Gasteiger partial charge on any atom is -0.354 e. The molecule has 4 rings (SSSR count). The predicted octanol–water partition coefficient (Wildman–Crippen LogP) is 4.17. The maximum absolute atomic E-state index is 11.0. The van der Waals surface area contributed by atoms with E-state index in [0.29, 0.717) is 5.92 Å². The number of carbonyl (C=O) groups is 1. The zero-order valence-corrected chi connectivity index (χ0v) is 13.0. The Bertz CT molecular complexity index is 814. The summed E-state index contributed by atoms with van der Waals surface area (Å²) < 4.78 is 0. The number of rotatable bonds is 3. The van der Waals surface area contributed by atoms with Crippen LogP contribution in [0, 0.1) is 0 Å². The highest BCUT2D eigenvalue weighted by atomic mass is 16.1. The summed E-state index contributed by atoms with van der Waals surface area (Å²) in [6.45, 7) is 1.70. The largest absolute Gasteiger partial charge is 0.354 e. The summed E-state index contributed by atoms with van der Waals surface area (Å²) in [5.41, 5.74) is 5.07. The summed E-state index contributed by atoms with van der Waals surface area (Å²) in [5.74, 6) is 0.498. The number of aromatic nitrogens is 1. The summed E-state index contributed by atoms with van der Waals surface area (Å²) in [6, 6.07) is 19.1. The number of fused-ring (bicyclic) bond motifs is 1. The number of nitrogens with zero attached hydrogens (tertiary/aromatic N) is 1. The van der Waals surface area contributed by atoms with Crippen LogP contribution in [0.2, 0.25) is 0 Å². The second kappa shape index (κ2) is 5.92. The van der Waals surface area contributed by atoms with Crippen LogP contribution < -0.4 is 0 Å². The van der Waals surface area contributed by atoms with Crippen molar-refractivity contribution in [3.63, 3.8) is 0 Å². The van der Waals surface area contributed by atoms with Gasteiger partial charge in [-0.25, -0.2) is 0 Å². The number of benzene rings is 2. The number of hydrogen-bond acceptors (Lipinski definition) is 1. The van der Waals surface area contributed by atoms with Crippen molar-refractivity contribution in [2.45, 2.75) is 18.8 Å². The molecule has 2 heterocycles. The van der Waals surface area contributed by atoms with Crippen LogP contribution in [0.4, 0.5) is 0 Å². The Labute approximate surface area is 135 Å². The second-order valence-electron chi connectivity index (χ2n) is 6.24. The first kappa shape index (κ1) is 14.1. The molecule has 1 saturated heterocycles. The first-order valence-electron chi connectivity index (χ1n) is 8.22. The van der Waals surface area contributed by atoms with Gasteiger partial charge >= 0.3 is 0 Å². The van der Waals surface area contributed by atoms with E-state index in [-0.39, 0.29) is 0 Å². The van der Waals surface area contributed by atoms with Gasteiger partial charge in [0.05, 0.1) is 0 Å². The predicted molar refractivity (Wildman–Crippen MR) is 93.3 cm³/mol. The Hall–Kier alpha value is -2.55. The van der Waals surface area contributed by atoms with Gasteiger partial charge in [-0.05, 0) is 36.0 Å². The smallest absolute Gasteiger partial charge is 0.209 e. The molecule has 1 aromatic heterocycles. The lowest BCUT2D eigenvalue weighted by molar-refractivity contribution is -0.119. The fourth-order valence-corrected chi connectivity index (χ4v) is 3.71. The first-order chi connectivity index (χ1) is 11.4. The highest BCUT2D eigenvalue weighted by Crippen LogP contribution is 2.39. The SMILES string of the molecule is O=CN1CCC(c2c(-c3ccccc3)[nH]c3ccccc23)CC1. The van der Waals surface area contributed by atoms with Gasteiger partial charge in [-0.3, -0.25) is 4.79 Å². The molecule has 0 aliphatic carbocycles. The lowest BCUT2D eigenvalue weighted by Crippen LogP contribution is -2.31. The lowest BCUT2D eigenvalue weighted by Gasteiger charge is -2.29. The van der Waals surface area contributed by atoms with Gasteiger partial charge in [-0.2, -0.15) is 0 Å². The fraction of sp³-hybridized carbons (Fsp3) is 0.250. The average molecular weight is 304 g/mol. The van der Waals surface area contributed by atoms with Gasteiger partial charge in [0, 0.05) is 29.7 Å². The number of aromatic amines is 1. The second-order valence-corrected chi connectivity index (χ2v) is 6.24. The number of amides is 1. The van der Waals surface area contributed by atoms with Gasteiger partial charge < -0.3 is 9.88 Å². The van der Waals surface area contributed by atoms with Gasteiger partial charge in [-0.15, -0.1) is 0 Å². The van der Waals surface area contributed by atoms with Crippen LogP contribution in [0.15, 0.2) is 54.6 Å². The number of piperidine rings is 1. The number of para-hydroxylation sites is 1. The summed E-state index contributed by atoms with van der Waals surface area (Å²) in [6.07, 6.45) is 3.03. The summed E-state index contributed by atoms with van der Waals surface area (Å²) in [5, 5.41) is 1.32. The number of nitrogens with one attached hydrogen (secondary N) is 1. The van der Waals surface area contributed by atoms with E-state index < -0.39 is 0 Å². The van der Waals surface area contributed by atoms with E-state index in [4.69, 9.17) is 0 Å². The molecular weight excluding hydrogens is 284 g/mol. The van der Waals surface area contributed by atoms with E-state index in [2.05, 4.69) is 53.5 Å². The van der Waals surface area contributed by atoms with Gasteiger partial charge in [0.1, 0.15) is 0 Å². The van der Waals surface area contributed by atoms with E-state index in [9.17, 15) is 4.79 Å². The van der Waals surface area contributed by atoms with E-state index >= 15 is 0 Å². The molecule has 1 amide bonds. The topological polar surface area (TPSA) is 36.1 Å². The Morgan fingerprint density at radius 3 is 2.39 bits per heavy atom. The van der Waals surface area contributed by atoms with Crippen LogP contribution in [0.1, 0.15) is 24.3 Å². The lowest BCUT2D eigenvalue weighted by atomic mass is 9.86. The molecule has 3 aromatic rings. The number of likely N-dealkylation sites (tertiary alicyclic amines) is 1. The Kier molecular flexibility index (Phi) is 3.62. The third kappa shape index (κ3) is 2.52. The van der Waals surface area contributed by atoms with Crippen molar-refractivity contribution in [2.24, 2.45) is 0 Å². The van der Waals surface area contributed by atoms with Gasteiger partial charge in [0.2, 0.25) is 6.41 Å². The molecule has 0 bridgehead atoms. The monoisotopic (exact) mass is 304 g/mol. The molecule has 1 aliphatic rings. The van der Waals surface area contributed by atoms with Crippen LogP contribution in [-0.4, -0.2) is 29.4 Å². The molecular formula is C20H20N2O. The van der Waals surface area contributed by atoms with Crippen LogP contribution in [0.25, 0.3) is 22.2 Å². The molecule has 3 heteroatoms. The normalized spacial score (nSPS) is 15.9. The quantitative estimate of drug-likeness (QED) is 0.724. The summed E-state index contributed by atoms with van der Waals surface area (Å²) in [7, 11) is 0. The Morgan fingerprint density at radius 1 is 0.957 bits per heavy atom. The third-order valence-corrected chi connectivity index (χ3v) is 4.90. The van der Waals surface area contributed by atoms with Crippen molar-refractivity contribution in [3.05, 3.63) is 60.2 Å². The highest BCUT2D eigenvalue weighted by Gasteiger charge is 2.25. The van der Waals surface area contributed by atoms with Crippen molar-refractivity contribution < 1.29 is 4.79 Å². The standard InChI is InChI=1S/C20H20N2O/c23-14-22-12-10-15(11-13-22)19-17-8-4-5-9-18(17)21-20(19)16-6-2-1-3-7-16/h1-9,14-15,21H,10-13H2. The summed E-state index contributed by atoms with van der Waals surface area (Å²) >= 11 is 0.